The number of rotatable bonds is 1. The molecule has 1 atom stereocenters. The van der Waals surface area contributed by atoms with Crippen LogP contribution in [0.4, 0.5) is 5.69 Å². The zero-order chi connectivity index (χ0) is 13.2. The molecular formula is C15H23IN2. The largest absolute Gasteiger partial charge is 0.369 e. The van der Waals surface area contributed by atoms with Crippen molar-refractivity contribution in [2.75, 3.05) is 24.5 Å². The molecule has 3 heteroatoms. The molecule has 1 aliphatic heterocycles. The van der Waals surface area contributed by atoms with Crippen LogP contribution in [0.1, 0.15) is 27.2 Å². The smallest absolute Gasteiger partial charge is 0.0502 e. The summed E-state index contributed by atoms with van der Waals surface area (Å²) in [5.41, 5.74) is 1.69. The topological polar surface area (TPSA) is 15.3 Å². The van der Waals surface area contributed by atoms with E-state index >= 15 is 0 Å². The van der Waals surface area contributed by atoms with Crippen molar-refractivity contribution in [3.05, 3.63) is 27.8 Å². The zero-order valence-corrected chi connectivity index (χ0v) is 13.7. The van der Waals surface area contributed by atoms with Crippen molar-refractivity contribution in [3.8, 4) is 0 Å². The van der Waals surface area contributed by atoms with E-state index in [0.29, 0.717) is 11.5 Å². The van der Waals surface area contributed by atoms with Gasteiger partial charge in [0, 0.05) is 22.7 Å². The minimum Gasteiger partial charge on any atom is -0.369 e. The lowest BCUT2D eigenvalue weighted by Gasteiger charge is -2.34. The molecule has 1 N–H and O–H groups in total. The van der Waals surface area contributed by atoms with E-state index in [-0.39, 0.29) is 0 Å². The molecule has 2 rings (SSSR count). The fourth-order valence-electron chi connectivity index (χ4n) is 2.43. The van der Waals surface area contributed by atoms with Crippen LogP contribution in [0.5, 0.6) is 0 Å². The lowest BCUT2D eigenvalue weighted by Crippen LogP contribution is -2.46. The van der Waals surface area contributed by atoms with E-state index < -0.39 is 0 Å². The van der Waals surface area contributed by atoms with Crippen molar-refractivity contribution in [1.82, 2.24) is 5.32 Å². The number of para-hydroxylation sites is 1. The molecule has 18 heavy (non-hydrogen) atoms. The molecule has 2 nitrogen and oxygen atoms in total. The lowest BCUT2D eigenvalue weighted by molar-refractivity contribution is 0.280. The Hall–Kier alpha value is -0.290. The van der Waals surface area contributed by atoms with Gasteiger partial charge in [-0.3, -0.25) is 0 Å². The maximum atomic E-state index is 3.70. The van der Waals surface area contributed by atoms with E-state index in [4.69, 9.17) is 0 Å². The number of nitrogens with one attached hydrogen (secondary N) is 1. The first kappa shape index (κ1) is 14.1. The van der Waals surface area contributed by atoms with E-state index in [1.165, 1.54) is 15.7 Å². The molecule has 1 saturated heterocycles. The molecule has 1 heterocycles. The van der Waals surface area contributed by atoms with E-state index in [9.17, 15) is 0 Å². The van der Waals surface area contributed by atoms with Crippen LogP contribution in [-0.2, 0) is 0 Å². The number of halogens is 1. The molecule has 0 radical (unpaired) electrons. The van der Waals surface area contributed by atoms with Gasteiger partial charge in [0.15, 0.2) is 0 Å². The summed E-state index contributed by atoms with van der Waals surface area (Å²) in [5.74, 6) is 0. The number of nitrogens with zero attached hydrogens (tertiary/aromatic N) is 1. The van der Waals surface area contributed by atoms with Gasteiger partial charge in [0.1, 0.15) is 0 Å². The van der Waals surface area contributed by atoms with Crippen LogP contribution in [0.3, 0.4) is 0 Å². The molecule has 0 aromatic heterocycles. The normalized spacial score (nSPS) is 21.8. The molecule has 0 aliphatic carbocycles. The molecule has 100 valence electrons. The van der Waals surface area contributed by atoms with Gasteiger partial charge in [-0.1, -0.05) is 32.9 Å². The monoisotopic (exact) mass is 358 g/mol. The zero-order valence-electron chi connectivity index (χ0n) is 11.5. The van der Waals surface area contributed by atoms with Crippen LogP contribution >= 0.6 is 22.6 Å². The molecule has 0 amide bonds. The second kappa shape index (κ2) is 5.78. The van der Waals surface area contributed by atoms with E-state index in [2.05, 4.69) is 77.8 Å². The van der Waals surface area contributed by atoms with Crippen LogP contribution in [0.25, 0.3) is 0 Å². The van der Waals surface area contributed by atoms with Gasteiger partial charge in [0.05, 0.1) is 5.69 Å². The number of benzene rings is 1. The highest BCUT2D eigenvalue weighted by Gasteiger charge is 2.28. The number of anilines is 1. The Kier molecular flexibility index (Phi) is 4.54. The first-order valence-electron chi connectivity index (χ1n) is 6.71. The third-order valence-corrected chi connectivity index (χ3v) is 4.55. The Labute approximate surface area is 124 Å². The minimum atomic E-state index is 0.308. The molecule has 1 aromatic carbocycles. The van der Waals surface area contributed by atoms with Crippen molar-refractivity contribution in [2.45, 2.75) is 33.2 Å². The fraction of sp³-hybridized carbons (Fsp3) is 0.600. The van der Waals surface area contributed by atoms with Crippen LogP contribution in [-0.4, -0.2) is 25.7 Å². The summed E-state index contributed by atoms with van der Waals surface area (Å²) in [6.45, 7) is 10.4. The van der Waals surface area contributed by atoms with E-state index in [0.717, 1.165) is 19.6 Å². The molecule has 0 spiro atoms. The molecular weight excluding hydrogens is 335 g/mol. The van der Waals surface area contributed by atoms with Gasteiger partial charge in [-0.05, 0) is 53.1 Å². The van der Waals surface area contributed by atoms with E-state index in [1.54, 1.807) is 0 Å². The molecule has 1 aromatic rings. The summed E-state index contributed by atoms with van der Waals surface area (Å²) in [6.07, 6.45) is 1.22. The van der Waals surface area contributed by atoms with Gasteiger partial charge in [-0.25, -0.2) is 0 Å². The standard InChI is InChI=1S/C15H23IN2/c1-15(2,3)14-11-18(10-6-9-17-14)13-8-5-4-7-12(13)16/h4-5,7-8,14,17H,6,9-11H2,1-3H3. The Morgan fingerprint density at radius 2 is 2.00 bits per heavy atom. The average Bonchev–Trinajstić information content (AvgIpc) is 2.54. The van der Waals surface area contributed by atoms with Gasteiger partial charge in [-0.2, -0.15) is 0 Å². The first-order valence-corrected chi connectivity index (χ1v) is 7.79. The van der Waals surface area contributed by atoms with Crippen LogP contribution in [0, 0.1) is 8.99 Å². The van der Waals surface area contributed by atoms with Crippen molar-refractivity contribution in [2.24, 2.45) is 5.41 Å². The highest BCUT2D eigenvalue weighted by atomic mass is 127. The van der Waals surface area contributed by atoms with Gasteiger partial charge in [0.25, 0.3) is 0 Å². The average molecular weight is 358 g/mol. The fourth-order valence-corrected chi connectivity index (χ4v) is 3.16. The summed E-state index contributed by atoms with van der Waals surface area (Å²) in [5, 5.41) is 3.70. The summed E-state index contributed by atoms with van der Waals surface area (Å²) in [7, 11) is 0. The number of hydrogen-bond acceptors (Lipinski definition) is 2. The predicted octanol–water partition coefficient (Wildman–Crippen LogP) is 3.51. The second-order valence-electron chi connectivity index (χ2n) is 6.12. The Morgan fingerprint density at radius 3 is 2.67 bits per heavy atom. The summed E-state index contributed by atoms with van der Waals surface area (Å²) < 4.78 is 1.35. The molecule has 1 fully saturated rings. The molecule has 0 saturated carbocycles. The van der Waals surface area contributed by atoms with Crippen molar-refractivity contribution in [1.29, 1.82) is 0 Å². The van der Waals surface area contributed by atoms with Crippen molar-refractivity contribution >= 4 is 28.3 Å². The van der Waals surface area contributed by atoms with Crippen molar-refractivity contribution in [3.63, 3.8) is 0 Å². The maximum absolute atomic E-state index is 3.70. The molecule has 1 aliphatic rings. The Balaban J connectivity index is 2.20. The molecule has 1 unspecified atom stereocenters. The van der Waals surface area contributed by atoms with Crippen LogP contribution in [0.15, 0.2) is 24.3 Å². The van der Waals surface area contributed by atoms with Gasteiger partial charge in [-0.15, -0.1) is 0 Å². The second-order valence-corrected chi connectivity index (χ2v) is 7.29. The molecule has 0 bridgehead atoms. The van der Waals surface area contributed by atoms with E-state index in [1.807, 2.05) is 0 Å². The Bertz CT molecular complexity index is 398. The third kappa shape index (κ3) is 3.38. The SMILES string of the molecule is CC(C)(C)C1CN(c2ccccc2I)CCCN1. The highest BCUT2D eigenvalue weighted by molar-refractivity contribution is 14.1. The van der Waals surface area contributed by atoms with Crippen LogP contribution in [0.2, 0.25) is 0 Å². The summed E-state index contributed by atoms with van der Waals surface area (Å²) >= 11 is 2.44. The third-order valence-electron chi connectivity index (χ3n) is 3.64. The first-order chi connectivity index (χ1) is 8.48. The Morgan fingerprint density at radius 1 is 1.28 bits per heavy atom. The number of hydrogen-bond donors (Lipinski definition) is 1. The summed E-state index contributed by atoms with van der Waals surface area (Å²) in [4.78, 5) is 2.54. The predicted molar refractivity (Wildman–Crippen MR) is 87.2 cm³/mol. The lowest BCUT2D eigenvalue weighted by atomic mass is 9.86. The minimum absolute atomic E-state index is 0.308. The van der Waals surface area contributed by atoms with Crippen molar-refractivity contribution < 1.29 is 0 Å². The summed E-state index contributed by atoms with van der Waals surface area (Å²) in [6, 6.07) is 9.24. The van der Waals surface area contributed by atoms with Gasteiger partial charge < -0.3 is 10.2 Å². The van der Waals surface area contributed by atoms with Gasteiger partial charge >= 0.3 is 0 Å². The maximum Gasteiger partial charge on any atom is 0.0502 e. The highest BCUT2D eigenvalue weighted by Crippen LogP contribution is 2.27. The van der Waals surface area contributed by atoms with Crippen LogP contribution < -0.4 is 10.2 Å². The quantitative estimate of drug-likeness (QED) is 0.773. The van der Waals surface area contributed by atoms with Gasteiger partial charge in [0.2, 0.25) is 0 Å².